The number of hydrogen-bond acceptors (Lipinski definition) is 4. The molecule has 2 aromatic rings. The third-order valence-corrected chi connectivity index (χ3v) is 5.73. The Morgan fingerprint density at radius 3 is 2.54 bits per heavy atom. The van der Waals surface area contributed by atoms with Crippen LogP contribution in [0.3, 0.4) is 0 Å². The smallest absolute Gasteiger partial charge is 0.211 e. The monoisotopic (exact) mass is 396 g/mol. The van der Waals surface area contributed by atoms with Crippen LogP contribution in [0.5, 0.6) is 5.75 Å². The second-order valence-electron chi connectivity index (χ2n) is 6.30. The van der Waals surface area contributed by atoms with Gasteiger partial charge in [0.1, 0.15) is 5.75 Å². The molecule has 1 unspecified atom stereocenters. The number of nitrogens with one attached hydrogen (secondary N) is 1. The van der Waals surface area contributed by atoms with Crippen molar-refractivity contribution in [3.63, 3.8) is 0 Å². The molecule has 0 fully saturated rings. The van der Waals surface area contributed by atoms with E-state index in [9.17, 15) is 8.42 Å². The molecule has 0 saturated carbocycles. The van der Waals surface area contributed by atoms with Crippen molar-refractivity contribution in [3.05, 3.63) is 64.7 Å². The molecule has 7 heteroatoms. The number of nitrogens with zero attached hydrogens (tertiary/aromatic N) is 1. The molecule has 0 aliphatic carbocycles. The van der Waals surface area contributed by atoms with E-state index in [0.29, 0.717) is 11.4 Å². The molecule has 5 nitrogen and oxygen atoms in total. The minimum absolute atomic E-state index is 0.0237. The van der Waals surface area contributed by atoms with Crippen molar-refractivity contribution in [1.29, 1.82) is 0 Å². The van der Waals surface area contributed by atoms with Gasteiger partial charge in [0, 0.05) is 17.6 Å². The average Bonchev–Trinajstić information content (AvgIpc) is 2.60. The Kier molecular flexibility index (Phi) is 7.46. The van der Waals surface area contributed by atoms with E-state index in [1.807, 2.05) is 61.5 Å². The van der Waals surface area contributed by atoms with E-state index in [-0.39, 0.29) is 18.3 Å². The van der Waals surface area contributed by atoms with Crippen LogP contribution in [0.1, 0.15) is 17.2 Å². The van der Waals surface area contributed by atoms with Crippen molar-refractivity contribution in [2.75, 3.05) is 33.5 Å². The van der Waals surface area contributed by atoms with Gasteiger partial charge in [0.15, 0.2) is 0 Å². The first-order chi connectivity index (χ1) is 12.3. The molecular formula is C19H25ClN2O3S. The maximum Gasteiger partial charge on any atom is 0.211 e. The lowest BCUT2D eigenvalue weighted by Crippen LogP contribution is -2.36. The summed E-state index contributed by atoms with van der Waals surface area (Å²) in [5, 5.41) is 0.634. The summed E-state index contributed by atoms with van der Waals surface area (Å²) in [6.45, 7) is 0.286. The van der Waals surface area contributed by atoms with Gasteiger partial charge < -0.3 is 9.64 Å². The number of benzene rings is 2. The number of likely N-dealkylation sites (N-methyl/N-ethyl adjacent to an activating group) is 1. The fourth-order valence-corrected chi connectivity index (χ4v) is 3.93. The average molecular weight is 397 g/mol. The number of ether oxygens (including phenoxy) is 1. The third kappa shape index (κ3) is 6.29. The van der Waals surface area contributed by atoms with Crippen LogP contribution < -0.4 is 9.46 Å². The Hall–Kier alpha value is -1.60. The maximum atomic E-state index is 12.4. The number of rotatable bonds is 9. The first kappa shape index (κ1) is 20.7. The van der Waals surface area contributed by atoms with Crippen molar-refractivity contribution >= 4 is 21.6 Å². The minimum Gasteiger partial charge on any atom is -0.497 e. The van der Waals surface area contributed by atoms with Gasteiger partial charge in [0.05, 0.1) is 12.9 Å². The second-order valence-corrected chi connectivity index (χ2v) is 8.67. The molecule has 0 aliphatic rings. The summed E-state index contributed by atoms with van der Waals surface area (Å²) in [6.07, 6.45) is 0.427. The van der Waals surface area contributed by atoms with Gasteiger partial charge in [-0.05, 0) is 55.9 Å². The lowest BCUT2D eigenvalue weighted by Gasteiger charge is -2.25. The molecule has 2 rings (SSSR count). The van der Waals surface area contributed by atoms with Crippen LogP contribution in [0.2, 0.25) is 5.02 Å². The maximum absolute atomic E-state index is 12.4. The van der Waals surface area contributed by atoms with Gasteiger partial charge in [0.2, 0.25) is 10.0 Å². The van der Waals surface area contributed by atoms with Crippen molar-refractivity contribution < 1.29 is 13.2 Å². The molecule has 142 valence electrons. The van der Waals surface area contributed by atoms with Gasteiger partial charge in [-0.3, -0.25) is 0 Å². The largest absolute Gasteiger partial charge is 0.497 e. The molecule has 0 spiro atoms. The molecule has 1 N–H and O–H groups in total. The molecule has 0 amide bonds. The molecule has 0 bridgehead atoms. The van der Waals surface area contributed by atoms with Gasteiger partial charge in [-0.15, -0.1) is 0 Å². The number of halogens is 1. The third-order valence-electron chi connectivity index (χ3n) is 4.15. The molecule has 0 saturated heterocycles. The predicted octanol–water partition coefficient (Wildman–Crippen LogP) is 3.11. The lowest BCUT2D eigenvalue weighted by molar-refractivity contribution is 0.299. The number of sulfonamides is 1. The van der Waals surface area contributed by atoms with E-state index in [4.69, 9.17) is 16.3 Å². The zero-order valence-corrected chi connectivity index (χ0v) is 16.8. The standard InChI is InChI=1S/C19H25ClN2O3S/c1-22(2)19(16-7-5-8-17(20)13-16)14-21-26(23,24)11-10-15-6-4-9-18(12-15)25-3/h4-9,12-13,19,21H,10-11,14H2,1-3H3. The van der Waals surface area contributed by atoms with Crippen LogP contribution in [0.4, 0.5) is 0 Å². The predicted molar refractivity (Wildman–Crippen MR) is 106 cm³/mol. The van der Waals surface area contributed by atoms with E-state index in [1.165, 1.54) is 0 Å². The molecule has 0 radical (unpaired) electrons. The summed E-state index contributed by atoms with van der Waals surface area (Å²) in [4.78, 5) is 1.97. The summed E-state index contributed by atoms with van der Waals surface area (Å²) < 4.78 is 32.7. The van der Waals surface area contributed by atoms with Crippen LogP contribution in [0.15, 0.2) is 48.5 Å². The van der Waals surface area contributed by atoms with Crippen LogP contribution in [0.25, 0.3) is 0 Å². The molecule has 1 atom stereocenters. The van der Waals surface area contributed by atoms with Crippen LogP contribution in [0, 0.1) is 0 Å². The number of hydrogen-bond donors (Lipinski definition) is 1. The molecule has 2 aromatic carbocycles. The van der Waals surface area contributed by atoms with Gasteiger partial charge in [-0.1, -0.05) is 35.9 Å². The molecular weight excluding hydrogens is 372 g/mol. The van der Waals surface area contributed by atoms with Crippen LogP contribution in [-0.2, 0) is 16.4 Å². The zero-order chi connectivity index (χ0) is 19.2. The van der Waals surface area contributed by atoms with Crippen LogP contribution in [-0.4, -0.2) is 46.8 Å². The fourth-order valence-electron chi connectivity index (χ4n) is 2.67. The van der Waals surface area contributed by atoms with Gasteiger partial charge >= 0.3 is 0 Å². The molecule has 0 heterocycles. The van der Waals surface area contributed by atoms with E-state index in [0.717, 1.165) is 16.9 Å². The van der Waals surface area contributed by atoms with Gasteiger partial charge in [0.25, 0.3) is 0 Å². The molecule has 0 aliphatic heterocycles. The van der Waals surface area contributed by atoms with Crippen molar-refractivity contribution in [3.8, 4) is 5.75 Å². The quantitative estimate of drug-likeness (QED) is 0.707. The first-order valence-corrected chi connectivity index (χ1v) is 10.4. The van der Waals surface area contributed by atoms with Crippen molar-refractivity contribution in [1.82, 2.24) is 9.62 Å². The second kappa shape index (κ2) is 9.37. The van der Waals surface area contributed by atoms with E-state index in [1.54, 1.807) is 13.2 Å². The highest BCUT2D eigenvalue weighted by atomic mass is 35.5. The van der Waals surface area contributed by atoms with E-state index >= 15 is 0 Å². The zero-order valence-electron chi connectivity index (χ0n) is 15.3. The first-order valence-electron chi connectivity index (χ1n) is 8.33. The van der Waals surface area contributed by atoms with Gasteiger partial charge in [-0.25, -0.2) is 13.1 Å². The van der Waals surface area contributed by atoms with E-state index in [2.05, 4.69) is 4.72 Å². The topological polar surface area (TPSA) is 58.6 Å². The van der Waals surface area contributed by atoms with E-state index < -0.39 is 10.0 Å². The number of aryl methyl sites for hydroxylation is 1. The van der Waals surface area contributed by atoms with Crippen molar-refractivity contribution in [2.24, 2.45) is 0 Å². The number of methoxy groups -OCH3 is 1. The molecule has 0 aromatic heterocycles. The van der Waals surface area contributed by atoms with Gasteiger partial charge in [-0.2, -0.15) is 0 Å². The normalized spacial score (nSPS) is 13.0. The highest BCUT2D eigenvalue weighted by Gasteiger charge is 2.18. The highest BCUT2D eigenvalue weighted by Crippen LogP contribution is 2.21. The summed E-state index contributed by atoms with van der Waals surface area (Å²) in [5.74, 6) is 0.747. The summed E-state index contributed by atoms with van der Waals surface area (Å²) in [6, 6.07) is 14.8. The summed E-state index contributed by atoms with van der Waals surface area (Å²) >= 11 is 6.06. The Balaban J connectivity index is 1.98. The van der Waals surface area contributed by atoms with Crippen LogP contribution >= 0.6 is 11.6 Å². The minimum atomic E-state index is -3.40. The Morgan fingerprint density at radius 2 is 1.88 bits per heavy atom. The summed E-state index contributed by atoms with van der Waals surface area (Å²) in [7, 11) is 2.02. The SMILES string of the molecule is COc1cccc(CCS(=O)(=O)NCC(c2cccc(Cl)c2)N(C)C)c1. The Labute approximate surface area is 161 Å². The Bertz CT molecular complexity index is 825. The highest BCUT2D eigenvalue weighted by molar-refractivity contribution is 7.89. The fraction of sp³-hybridized carbons (Fsp3) is 0.368. The summed E-state index contributed by atoms with van der Waals surface area (Å²) in [5.41, 5.74) is 1.90. The Morgan fingerprint density at radius 1 is 1.15 bits per heavy atom. The lowest BCUT2D eigenvalue weighted by atomic mass is 10.1. The molecule has 26 heavy (non-hydrogen) atoms. The van der Waals surface area contributed by atoms with Crippen molar-refractivity contribution in [2.45, 2.75) is 12.5 Å².